The van der Waals surface area contributed by atoms with Crippen molar-refractivity contribution in [2.45, 2.75) is 13.8 Å². The average molecular weight is 244 g/mol. The van der Waals surface area contributed by atoms with E-state index in [1.807, 2.05) is 30.3 Å². The SMILES string of the molecule is CC(C)(C(=O)C(N)=O)C1=Cc2ccccc2NC1. The molecule has 0 aliphatic carbocycles. The summed E-state index contributed by atoms with van der Waals surface area (Å²) in [5.41, 5.74) is 7.13. The van der Waals surface area contributed by atoms with Gasteiger partial charge in [-0.15, -0.1) is 0 Å². The number of para-hydroxylation sites is 1. The standard InChI is InChI=1S/C14H16N2O2/c1-14(2,12(17)13(15)18)10-7-9-5-3-4-6-11(9)16-8-10/h3-7,16H,8H2,1-2H3,(H2,15,18). The predicted molar refractivity (Wildman–Crippen MR) is 70.9 cm³/mol. The third-order valence-electron chi connectivity index (χ3n) is 3.35. The summed E-state index contributed by atoms with van der Waals surface area (Å²) in [6.07, 6.45) is 1.95. The minimum absolute atomic E-state index is 0.545. The molecule has 0 fully saturated rings. The molecule has 1 aliphatic heterocycles. The fraction of sp³-hybridized carbons (Fsp3) is 0.286. The van der Waals surface area contributed by atoms with E-state index in [1.54, 1.807) is 13.8 Å². The van der Waals surface area contributed by atoms with Crippen LogP contribution in [0.25, 0.3) is 6.08 Å². The Hall–Kier alpha value is -2.10. The van der Waals surface area contributed by atoms with Crippen LogP contribution >= 0.6 is 0 Å². The number of amides is 1. The molecule has 0 atom stereocenters. The molecule has 1 amide bonds. The molecular formula is C14H16N2O2. The van der Waals surface area contributed by atoms with Crippen molar-refractivity contribution < 1.29 is 9.59 Å². The Bertz CT molecular complexity index is 544. The minimum atomic E-state index is -0.889. The van der Waals surface area contributed by atoms with Gasteiger partial charge in [0.1, 0.15) is 0 Å². The molecule has 0 unspecified atom stereocenters. The summed E-state index contributed by atoms with van der Waals surface area (Å²) < 4.78 is 0. The number of hydrogen-bond donors (Lipinski definition) is 2. The summed E-state index contributed by atoms with van der Waals surface area (Å²) in [7, 11) is 0. The van der Waals surface area contributed by atoms with Crippen LogP contribution in [0.2, 0.25) is 0 Å². The van der Waals surface area contributed by atoms with Gasteiger partial charge in [0, 0.05) is 12.2 Å². The third-order valence-corrected chi connectivity index (χ3v) is 3.35. The predicted octanol–water partition coefficient (Wildman–Crippen LogP) is 1.58. The normalized spacial score (nSPS) is 14.2. The first kappa shape index (κ1) is 12.4. The molecule has 1 aromatic carbocycles. The van der Waals surface area contributed by atoms with E-state index in [2.05, 4.69) is 5.32 Å². The first-order valence-electron chi connectivity index (χ1n) is 5.81. The van der Waals surface area contributed by atoms with Gasteiger partial charge < -0.3 is 11.1 Å². The number of fused-ring (bicyclic) bond motifs is 1. The Morgan fingerprint density at radius 1 is 1.28 bits per heavy atom. The molecule has 0 saturated heterocycles. The maximum atomic E-state index is 11.8. The fourth-order valence-corrected chi connectivity index (χ4v) is 2.07. The van der Waals surface area contributed by atoms with E-state index >= 15 is 0 Å². The zero-order chi connectivity index (χ0) is 13.3. The number of ketones is 1. The number of rotatable bonds is 3. The lowest BCUT2D eigenvalue weighted by Crippen LogP contribution is -2.39. The molecule has 4 nitrogen and oxygen atoms in total. The van der Waals surface area contributed by atoms with Crippen molar-refractivity contribution in [3.63, 3.8) is 0 Å². The summed E-state index contributed by atoms with van der Waals surface area (Å²) in [6, 6.07) is 7.82. The number of nitrogens with one attached hydrogen (secondary N) is 1. The Balaban J connectivity index is 2.39. The van der Waals surface area contributed by atoms with Crippen LogP contribution < -0.4 is 11.1 Å². The van der Waals surface area contributed by atoms with Gasteiger partial charge in [0.2, 0.25) is 5.78 Å². The Morgan fingerprint density at radius 3 is 2.61 bits per heavy atom. The Labute approximate surface area is 106 Å². The third kappa shape index (κ3) is 2.01. The summed E-state index contributed by atoms with van der Waals surface area (Å²) in [5.74, 6) is -1.45. The molecule has 1 aliphatic rings. The van der Waals surface area contributed by atoms with Gasteiger partial charge >= 0.3 is 0 Å². The number of benzene rings is 1. The molecule has 2 rings (SSSR count). The van der Waals surface area contributed by atoms with Gasteiger partial charge in [0.05, 0.1) is 5.41 Å². The molecule has 0 saturated carbocycles. The van der Waals surface area contributed by atoms with Gasteiger partial charge in [-0.2, -0.15) is 0 Å². The number of anilines is 1. The molecule has 1 aromatic rings. The minimum Gasteiger partial charge on any atom is -0.381 e. The first-order valence-corrected chi connectivity index (χ1v) is 5.81. The van der Waals surface area contributed by atoms with E-state index in [-0.39, 0.29) is 0 Å². The van der Waals surface area contributed by atoms with E-state index in [0.29, 0.717) is 6.54 Å². The Morgan fingerprint density at radius 2 is 1.94 bits per heavy atom. The second-order valence-corrected chi connectivity index (χ2v) is 4.93. The summed E-state index contributed by atoms with van der Waals surface area (Å²) >= 11 is 0. The number of carbonyl (C=O) groups is 2. The van der Waals surface area contributed by atoms with Gasteiger partial charge in [-0.1, -0.05) is 24.3 Å². The van der Waals surface area contributed by atoms with Crippen molar-refractivity contribution in [2.24, 2.45) is 11.1 Å². The van der Waals surface area contributed by atoms with Crippen LogP contribution in [-0.2, 0) is 9.59 Å². The molecule has 0 bridgehead atoms. The van der Waals surface area contributed by atoms with Crippen molar-refractivity contribution in [2.75, 3.05) is 11.9 Å². The molecule has 18 heavy (non-hydrogen) atoms. The van der Waals surface area contributed by atoms with Gasteiger partial charge in [-0.25, -0.2) is 0 Å². The highest BCUT2D eigenvalue weighted by molar-refractivity contribution is 6.38. The molecule has 3 N–H and O–H groups in total. The van der Waals surface area contributed by atoms with Crippen LogP contribution in [0.3, 0.4) is 0 Å². The van der Waals surface area contributed by atoms with Crippen molar-refractivity contribution >= 4 is 23.5 Å². The molecule has 0 radical (unpaired) electrons. The van der Waals surface area contributed by atoms with Crippen LogP contribution in [0.1, 0.15) is 19.4 Å². The van der Waals surface area contributed by atoms with Crippen LogP contribution in [0.4, 0.5) is 5.69 Å². The zero-order valence-corrected chi connectivity index (χ0v) is 10.5. The van der Waals surface area contributed by atoms with Gasteiger partial charge in [0.15, 0.2) is 0 Å². The maximum Gasteiger partial charge on any atom is 0.285 e. The van der Waals surface area contributed by atoms with Crippen LogP contribution in [0.5, 0.6) is 0 Å². The fourth-order valence-electron chi connectivity index (χ4n) is 2.07. The lowest BCUT2D eigenvalue weighted by molar-refractivity contribution is -0.140. The van der Waals surface area contributed by atoms with Gasteiger partial charge in [-0.05, 0) is 31.1 Å². The van der Waals surface area contributed by atoms with Gasteiger partial charge in [-0.3, -0.25) is 9.59 Å². The number of hydrogen-bond acceptors (Lipinski definition) is 3. The molecule has 0 spiro atoms. The molecule has 94 valence electrons. The molecule has 0 aromatic heterocycles. The first-order chi connectivity index (χ1) is 8.43. The van der Waals surface area contributed by atoms with E-state index in [1.165, 1.54) is 0 Å². The topological polar surface area (TPSA) is 72.2 Å². The highest BCUT2D eigenvalue weighted by atomic mass is 16.2. The summed E-state index contributed by atoms with van der Waals surface area (Å²) in [5, 5.41) is 3.24. The maximum absolute atomic E-state index is 11.8. The smallest absolute Gasteiger partial charge is 0.285 e. The highest BCUT2D eigenvalue weighted by Gasteiger charge is 2.36. The van der Waals surface area contributed by atoms with Crippen molar-refractivity contribution in [1.82, 2.24) is 0 Å². The molecular weight excluding hydrogens is 228 g/mol. The Kier molecular flexibility index (Phi) is 2.95. The van der Waals surface area contributed by atoms with Gasteiger partial charge in [0.25, 0.3) is 5.91 Å². The summed E-state index contributed by atoms with van der Waals surface area (Å²) in [6.45, 7) is 3.99. The number of carbonyl (C=O) groups excluding carboxylic acids is 2. The average Bonchev–Trinajstić information content (AvgIpc) is 2.37. The number of Topliss-reactive ketones (excluding diaryl/α,β-unsaturated/α-hetero) is 1. The van der Waals surface area contributed by atoms with Crippen LogP contribution in [-0.4, -0.2) is 18.2 Å². The zero-order valence-electron chi connectivity index (χ0n) is 10.5. The number of nitrogens with two attached hydrogens (primary N) is 1. The lowest BCUT2D eigenvalue weighted by Gasteiger charge is -2.29. The van der Waals surface area contributed by atoms with E-state index in [0.717, 1.165) is 16.8 Å². The second-order valence-electron chi connectivity index (χ2n) is 4.93. The largest absolute Gasteiger partial charge is 0.381 e. The molecule has 1 heterocycles. The monoisotopic (exact) mass is 244 g/mol. The number of primary amides is 1. The highest BCUT2D eigenvalue weighted by Crippen LogP contribution is 2.34. The lowest BCUT2D eigenvalue weighted by atomic mass is 9.77. The van der Waals surface area contributed by atoms with Crippen molar-refractivity contribution in [3.05, 3.63) is 35.4 Å². The second kappa shape index (κ2) is 4.29. The quantitative estimate of drug-likeness (QED) is 0.793. The van der Waals surface area contributed by atoms with Crippen LogP contribution in [0.15, 0.2) is 29.8 Å². The van der Waals surface area contributed by atoms with E-state index < -0.39 is 17.1 Å². The van der Waals surface area contributed by atoms with Crippen LogP contribution in [0, 0.1) is 5.41 Å². The van der Waals surface area contributed by atoms with Crippen molar-refractivity contribution in [3.8, 4) is 0 Å². The van der Waals surface area contributed by atoms with Crippen molar-refractivity contribution in [1.29, 1.82) is 0 Å². The molecule has 4 heteroatoms. The van der Waals surface area contributed by atoms with E-state index in [4.69, 9.17) is 5.73 Å². The summed E-state index contributed by atoms with van der Waals surface area (Å²) in [4.78, 5) is 22.9. The van der Waals surface area contributed by atoms with E-state index in [9.17, 15) is 9.59 Å².